The Morgan fingerprint density at radius 3 is 2.33 bits per heavy atom. The first-order chi connectivity index (χ1) is 13.1. The number of fused-ring (bicyclic) bond motifs is 1. The molecule has 0 spiro atoms. The van der Waals surface area contributed by atoms with E-state index in [1.165, 1.54) is 5.56 Å². The van der Waals surface area contributed by atoms with E-state index in [0.717, 1.165) is 17.7 Å². The van der Waals surface area contributed by atoms with Crippen LogP contribution in [-0.2, 0) is 17.8 Å². The van der Waals surface area contributed by atoms with Crippen molar-refractivity contribution in [3.8, 4) is 23.0 Å². The zero-order chi connectivity index (χ0) is 19.2. The topological polar surface area (TPSA) is 57.2 Å². The number of methoxy groups -OCH3 is 2. The lowest BCUT2D eigenvalue weighted by Gasteiger charge is -2.29. The number of ether oxygens (including phenoxy) is 4. The van der Waals surface area contributed by atoms with E-state index in [2.05, 4.69) is 0 Å². The Morgan fingerprint density at radius 2 is 1.67 bits per heavy atom. The van der Waals surface area contributed by atoms with Gasteiger partial charge < -0.3 is 23.8 Å². The lowest BCUT2D eigenvalue weighted by atomic mass is 9.99. The summed E-state index contributed by atoms with van der Waals surface area (Å²) in [7, 11) is 3.24. The molecule has 0 atom stereocenters. The van der Waals surface area contributed by atoms with E-state index in [0.29, 0.717) is 36.9 Å². The van der Waals surface area contributed by atoms with Gasteiger partial charge in [0.1, 0.15) is 11.5 Å². The van der Waals surface area contributed by atoms with Crippen LogP contribution in [0, 0.1) is 0 Å². The molecule has 0 aliphatic carbocycles. The molecule has 1 aliphatic rings. The second kappa shape index (κ2) is 8.66. The second-order valence-corrected chi connectivity index (χ2v) is 6.24. The molecule has 0 saturated carbocycles. The average molecular weight is 371 g/mol. The quantitative estimate of drug-likeness (QED) is 0.749. The summed E-state index contributed by atoms with van der Waals surface area (Å²) in [6, 6.07) is 11.3. The van der Waals surface area contributed by atoms with E-state index >= 15 is 0 Å². The standard InChI is InChI=1S/C21H25NO5/c1-4-26-17-6-5-7-18(12-17)27-14-21(23)22-9-8-15-10-19(24-2)20(25-3)11-16(15)13-22/h5-7,10-12H,4,8-9,13-14H2,1-3H3. The van der Waals surface area contributed by atoms with Gasteiger partial charge in [0.15, 0.2) is 18.1 Å². The number of hydrogen-bond donors (Lipinski definition) is 0. The number of benzene rings is 2. The number of amides is 1. The van der Waals surface area contributed by atoms with Crippen LogP contribution < -0.4 is 18.9 Å². The Kier molecular flexibility index (Phi) is 6.06. The average Bonchev–Trinajstić information content (AvgIpc) is 2.71. The minimum Gasteiger partial charge on any atom is -0.494 e. The highest BCUT2D eigenvalue weighted by Gasteiger charge is 2.23. The van der Waals surface area contributed by atoms with Crippen LogP contribution in [0.4, 0.5) is 0 Å². The highest BCUT2D eigenvalue weighted by atomic mass is 16.5. The smallest absolute Gasteiger partial charge is 0.260 e. The van der Waals surface area contributed by atoms with Gasteiger partial charge in [0.2, 0.25) is 0 Å². The SMILES string of the molecule is CCOc1cccc(OCC(=O)N2CCc3cc(OC)c(OC)cc3C2)c1. The van der Waals surface area contributed by atoms with E-state index in [1.54, 1.807) is 25.2 Å². The van der Waals surface area contributed by atoms with Crippen molar-refractivity contribution in [2.75, 3.05) is 34.0 Å². The third-order valence-electron chi connectivity index (χ3n) is 4.55. The molecule has 6 nitrogen and oxygen atoms in total. The number of hydrogen-bond acceptors (Lipinski definition) is 5. The summed E-state index contributed by atoms with van der Waals surface area (Å²) >= 11 is 0. The van der Waals surface area contributed by atoms with Gasteiger partial charge in [-0.1, -0.05) is 6.07 Å². The predicted molar refractivity (Wildman–Crippen MR) is 102 cm³/mol. The molecule has 6 heteroatoms. The summed E-state index contributed by atoms with van der Waals surface area (Å²) in [4.78, 5) is 14.4. The highest BCUT2D eigenvalue weighted by Crippen LogP contribution is 2.33. The van der Waals surface area contributed by atoms with Crippen molar-refractivity contribution in [1.29, 1.82) is 0 Å². The van der Waals surface area contributed by atoms with E-state index < -0.39 is 0 Å². The van der Waals surface area contributed by atoms with E-state index in [9.17, 15) is 4.79 Å². The molecule has 144 valence electrons. The van der Waals surface area contributed by atoms with Crippen LogP contribution in [0.25, 0.3) is 0 Å². The van der Waals surface area contributed by atoms with Crippen molar-refractivity contribution in [2.45, 2.75) is 19.9 Å². The third-order valence-corrected chi connectivity index (χ3v) is 4.55. The van der Waals surface area contributed by atoms with Gasteiger partial charge in [-0.3, -0.25) is 4.79 Å². The summed E-state index contributed by atoms with van der Waals surface area (Å²) in [5.74, 6) is 2.70. The lowest BCUT2D eigenvalue weighted by Crippen LogP contribution is -2.38. The Bertz CT molecular complexity index is 805. The summed E-state index contributed by atoms with van der Waals surface area (Å²) in [5.41, 5.74) is 2.26. The summed E-state index contributed by atoms with van der Waals surface area (Å²) in [6.07, 6.45) is 0.779. The van der Waals surface area contributed by atoms with Crippen molar-refractivity contribution < 1.29 is 23.7 Å². The van der Waals surface area contributed by atoms with Crippen LogP contribution in [0.3, 0.4) is 0 Å². The molecular weight excluding hydrogens is 346 g/mol. The first-order valence-electron chi connectivity index (χ1n) is 9.01. The lowest BCUT2D eigenvalue weighted by molar-refractivity contribution is -0.134. The molecule has 1 aliphatic heterocycles. The number of carbonyl (C=O) groups excluding carboxylic acids is 1. The zero-order valence-corrected chi connectivity index (χ0v) is 16.0. The van der Waals surface area contributed by atoms with Crippen molar-refractivity contribution in [2.24, 2.45) is 0 Å². The Morgan fingerprint density at radius 1 is 1.00 bits per heavy atom. The van der Waals surface area contributed by atoms with Gasteiger partial charge in [-0.15, -0.1) is 0 Å². The first-order valence-corrected chi connectivity index (χ1v) is 9.01. The van der Waals surface area contributed by atoms with Crippen molar-refractivity contribution in [1.82, 2.24) is 4.90 Å². The minimum absolute atomic E-state index is 0.00178. The van der Waals surface area contributed by atoms with Crippen LogP contribution in [0.15, 0.2) is 36.4 Å². The molecule has 0 fully saturated rings. The Hall–Kier alpha value is -2.89. The first kappa shape index (κ1) is 18.9. The molecule has 2 aromatic rings. The van der Waals surface area contributed by atoms with Gasteiger partial charge >= 0.3 is 0 Å². The molecular formula is C21H25NO5. The van der Waals surface area contributed by atoms with Gasteiger partial charge in [0.25, 0.3) is 5.91 Å². The highest BCUT2D eigenvalue weighted by molar-refractivity contribution is 5.78. The maximum Gasteiger partial charge on any atom is 0.260 e. The maximum atomic E-state index is 12.6. The predicted octanol–water partition coefficient (Wildman–Crippen LogP) is 3.07. The summed E-state index contributed by atoms with van der Waals surface area (Å²) < 4.78 is 21.8. The van der Waals surface area contributed by atoms with Gasteiger partial charge in [-0.2, -0.15) is 0 Å². The van der Waals surface area contributed by atoms with Crippen LogP contribution in [0.5, 0.6) is 23.0 Å². The molecule has 2 aromatic carbocycles. The summed E-state index contributed by atoms with van der Waals surface area (Å²) in [5, 5.41) is 0. The molecule has 27 heavy (non-hydrogen) atoms. The molecule has 3 rings (SSSR count). The van der Waals surface area contributed by atoms with Crippen LogP contribution in [-0.4, -0.2) is 44.8 Å². The third kappa shape index (κ3) is 4.45. The van der Waals surface area contributed by atoms with Crippen molar-refractivity contribution in [3.63, 3.8) is 0 Å². The molecule has 0 aromatic heterocycles. The zero-order valence-electron chi connectivity index (χ0n) is 16.0. The van der Waals surface area contributed by atoms with Gasteiger partial charge in [0.05, 0.1) is 20.8 Å². The fraction of sp³-hybridized carbons (Fsp3) is 0.381. The van der Waals surface area contributed by atoms with Crippen molar-refractivity contribution >= 4 is 5.91 Å². The maximum absolute atomic E-state index is 12.6. The number of carbonyl (C=O) groups is 1. The van der Waals surface area contributed by atoms with E-state index in [-0.39, 0.29) is 12.5 Å². The van der Waals surface area contributed by atoms with Crippen LogP contribution >= 0.6 is 0 Å². The second-order valence-electron chi connectivity index (χ2n) is 6.24. The molecule has 0 saturated heterocycles. The van der Waals surface area contributed by atoms with Gasteiger partial charge in [-0.05, 0) is 48.7 Å². The Labute approximate surface area is 159 Å². The molecule has 1 heterocycles. The molecule has 0 N–H and O–H groups in total. The van der Waals surface area contributed by atoms with Crippen LogP contribution in [0.2, 0.25) is 0 Å². The molecule has 0 unspecified atom stereocenters. The fourth-order valence-corrected chi connectivity index (χ4v) is 3.15. The van der Waals surface area contributed by atoms with Gasteiger partial charge in [0, 0.05) is 19.2 Å². The molecule has 0 bridgehead atoms. The number of nitrogens with zero attached hydrogens (tertiary/aromatic N) is 1. The van der Waals surface area contributed by atoms with Gasteiger partial charge in [-0.25, -0.2) is 0 Å². The summed E-state index contributed by atoms with van der Waals surface area (Å²) in [6.45, 7) is 3.71. The number of rotatable bonds is 7. The molecule has 0 radical (unpaired) electrons. The Balaban J connectivity index is 1.63. The van der Waals surface area contributed by atoms with E-state index in [4.69, 9.17) is 18.9 Å². The van der Waals surface area contributed by atoms with Crippen molar-refractivity contribution in [3.05, 3.63) is 47.5 Å². The van der Waals surface area contributed by atoms with E-state index in [1.807, 2.05) is 37.3 Å². The minimum atomic E-state index is -0.0442. The normalized spacial score (nSPS) is 12.9. The van der Waals surface area contributed by atoms with Crippen LogP contribution in [0.1, 0.15) is 18.1 Å². The molecule has 1 amide bonds. The monoisotopic (exact) mass is 371 g/mol. The largest absolute Gasteiger partial charge is 0.494 e. The fourth-order valence-electron chi connectivity index (χ4n) is 3.15.